The molecule has 1 aromatic carbocycles. The van der Waals surface area contributed by atoms with E-state index in [0.717, 1.165) is 26.3 Å². The van der Waals surface area contributed by atoms with Gasteiger partial charge in [0.1, 0.15) is 0 Å². The van der Waals surface area contributed by atoms with Crippen molar-refractivity contribution in [3.63, 3.8) is 0 Å². The summed E-state index contributed by atoms with van der Waals surface area (Å²) >= 11 is 2.95. The van der Waals surface area contributed by atoms with E-state index in [9.17, 15) is 4.79 Å². The monoisotopic (exact) mass is 348 g/mol. The van der Waals surface area contributed by atoms with Crippen molar-refractivity contribution in [3.8, 4) is 0 Å². The Hall–Kier alpha value is -1.60. The van der Waals surface area contributed by atoms with Crippen molar-refractivity contribution < 1.29 is 4.79 Å². The van der Waals surface area contributed by atoms with Gasteiger partial charge in [-0.2, -0.15) is 0 Å². The van der Waals surface area contributed by atoms with Crippen LogP contribution in [0, 0.1) is 13.8 Å². The number of hydrogen-bond donors (Lipinski definition) is 2. The largest absolute Gasteiger partial charge is 0.357 e. The molecule has 1 heterocycles. The molecule has 0 saturated heterocycles. The number of rotatable bonds is 6. The summed E-state index contributed by atoms with van der Waals surface area (Å²) in [5.41, 5.74) is 3.06. The van der Waals surface area contributed by atoms with Crippen LogP contribution in [0.2, 0.25) is 0 Å². The number of aromatic nitrogens is 2. The lowest BCUT2D eigenvalue weighted by Crippen LogP contribution is -2.22. The molecule has 1 aromatic heterocycles. The summed E-state index contributed by atoms with van der Waals surface area (Å²) in [6.07, 6.45) is 2.41. The van der Waals surface area contributed by atoms with E-state index >= 15 is 0 Å². The van der Waals surface area contributed by atoms with E-state index in [1.54, 1.807) is 0 Å². The number of carbonyl (C=O) groups excluding carboxylic acids is 1. The standard InChI is InChI=1S/C16H20N4OS2/c1-9-4-5-10(2)13(8-9)18-14(21)11(3)22-16-20-19-15(23-16)17-12-6-7-12/h4-5,8,11-12H,6-7H2,1-3H3,(H,17,19)(H,18,21)/t11-/m1/s1. The van der Waals surface area contributed by atoms with Gasteiger partial charge >= 0.3 is 0 Å². The Morgan fingerprint density at radius 2 is 2.13 bits per heavy atom. The number of carbonyl (C=O) groups is 1. The van der Waals surface area contributed by atoms with Gasteiger partial charge in [-0.15, -0.1) is 10.2 Å². The molecule has 1 saturated carbocycles. The highest BCUT2D eigenvalue weighted by Gasteiger charge is 2.23. The molecule has 1 aliphatic rings. The number of amides is 1. The Kier molecular flexibility index (Phi) is 4.87. The second-order valence-electron chi connectivity index (χ2n) is 5.86. The van der Waals surface area contributed by atoms with Gasteiger partial charge < -0.3 is 10.6 Å². The van der Waals surface area contributed by atoms with Crippen LogP contribution >= 0.6 is 23.1 Å². The molecule has 1 aliphatic carbocycles. The van der Waals surface area contributed by atoms with Crippen molar-refractivity contribution in [1.29, 1.82) is 0 Å². The van der Waals surface area contributed by atoms with Gasteiger partial charge in [-0.05, 0) is 50.8 Å². The number of nitrogens with zero attached hydrogens (tertiary/aromatic N) is 2. The smallest absolute Gasteiger partial charge is 0.237 e. The first-order valence-corrected chi connectivity index (χ1v) is 9.35. The van der Waals surface area contributed by atoms with Gasteiger partial charge in [0.15, 0.2) is 4.34 Å². The van der Waals surface area contributed by atoms with Crippen molar-refractivity contribution >= 4 is 39.8 Å². The Labute approximate surface area is 144 Å². The molecule has 7 heteroatoms. The van der Waals surface area contributed by atoms with Crippen LogP contribution in [-0.2, 0) is 4.79 Å². The molecule has 23 heavy (non-hydrogen) atoms. The van der Waals surface area contributed by atoms with E-state index in [1.807, 2.05) is 39.0 Å². The highest BCUT2D eigenvalue weighted by molar-refractivity contribution is 8.02. The fourth-order valence-corrected chi connectivity index (χ4v) is 4.00. The molecule has 0 unspecified atom stereocenters. The quantitative estimate of drug-likeness (QED) is 0.776. The summed E-state index contributed by atoms with van der Waals surface area (Å²) in [7, 11) is 0. The van der Waals surface area contributed by atoms with Crippen molar-refractivity contribution in [1.82, 2.24) is 10.2 Å². The molecular weight excluding hydrogens is 328 g/mol. The minimum atomic E-state index is -0.225. The van der Waals surface area contributed by atoms with Crippen LogP contribution in [0.1, 0.15) is 30.9 Å². The van der Waals surface area contributed by atoms with Gasteiger partial charge in [0.25, 0.3) is 0 Å². The average Bonchev–Trinajstić information content (AvgIpc) is 3.21. The summed E-state index contributed by atoms with van der Waals surface area (Å²) in [5, 5.41) is 15.2. The SMILES string of the molecule is Cc1ccc(C)c(NC(=O)[C@@H](C)Sc2nnc(NC3CC3)s2)c1. The number of aryl methyl sites for hydroxylation is 2. The molecule has 122 valence electrons. The highest BCUT2D eigenvalue weighted by Crippen LogP contribution is 2.32. The van der Waals surface area contributed by atoms with Crippen LogP contribution in [-0.4, -0.2) is 27.4 Å². The summed E-state index contributed by atoms with van der Waals surface area (Å²) < 4.78 is 0.816. The number of anilines is 2. The van der Waals surface area contributed by atoms with Crippen molar-refractivity contribution in [2.45, 2.75) is 49.2 Å². The summed E-state index contributed by atoms with van der Waals surface area (Å²) in [6.45, 7) is 5.90. The maximum Gasteiger partial charge on any atom is 0.237 e. The summed E-state index contributed by atoms with van der Waals surface area (Å²) in [6, 6.07) is 6.61. The normalized spacial score (nSPS) is 15.3. The lowest BCUT2D eigenvalue weighted by molar-refractivity contribution is -0.115. The number of hydrogen-bond acceptors (Lipinski definition) is 6. The molecule has 1 fully saturated rings. The molecule has 0 bridgehead atoms. The van der Waals surface area contributed by atoms with Crippen LogP contribution in [0.25, 0.3) is 0 Å². The second-order valence-corrected chi connectivity index (χ2v) is 8.42. The fraction of sp³-hybridized carbons (Fsp3) is 0.438. The third-order valence-corrected chi connectivity index (χ3v) is 5.65. The van der Waals surface area contributed by atoms with E-state index in [-0.39, 0.29) is 11.2 Å². The topological polar surface area (TPSA) is 66.9 Å². The van der Waals surface area contributed by atoms with Crippen LogP contribution in [0.15, 0.2) is 22.5 Å². The molecule has 1 atom stereocenters. The van der Waals surface area contributed by atoms with Gasteiger partial charge in [0.05, 0.1) is 5.25 Å². The van der Waals surface area contributed by atoms with E-state index in [0.29, 0.717) is 6.04 Å². The van der Waals surface area contributed by atoms with Crippen LogP contribution in [0.5, 0.6) is 0 Å². The van der Waals surface area contributed by atoms with Crippen molar-refractivity contribution in [3.05, 3.63) is 29.3 Å². The van der Waals surface area contributed by atoms with Crippen LogP contribution in [0.3, 0.4) is 0 Å². The van der Waals surface area contributed by atoms with Gasteiger partial charge in [0.2, 0.25) is 11.0 Å². The number of benzene rings is 1. The van der Waals surface area contributed by atoms with Crippen molar-refractivity contribution in [2.75, 3.05) is 10.6 Å². The van der Waals surface area contributed by atoms with Gasteiger partial charge in [0, 0.05) is 11.7 Å². The maximum atomic E-state index is 12.4. The summed E-state index contributed by atoms with van der Waals surface area (Å²) in [4.78, 5) is 12.4. The van der Waals surface area contributed by atoms with Crippen molar-refractivity contribution in [2.24, 2.45) is 0 Å². The average molecular weight is 348 g/mol. The zero-order valence-electron chi connectivity index (χ0n) is 13.4. The predicted octanol–water partition coefficient (Wildman–Crippen LogP) is 3.85. The van der Waals surface area contributed by atoms with E-state index in [1.165, 1.54) is 35.9 Å². The molecule has 3 rings (SSSR count). The third-order valence-electron chi connectivity index (χ3n) is 3.61. The van der Waals surface area contributed by atoms with E-state index in [2.05, 4.69) is 20.8 Å². The predicted molar refractivity (Wildman–Crippen MR) is 96.4 cm³/mol. The minimum Gasteiger partial charge on any atom is -0.357 e. The molecule has 0 aliphatic heterocycles. The Morgan fingerprint density at radius 3 is 2.87 bits per heavy atom. The van der Waals surface area contributed by atoms with Gasteiger partial charge in [-0.25, -0.2) is 0 Å². The first-order chi connectivity index (χ1) is 11.0. The van der Waals surface area contributed by atoms with Crippen LogP contribution in [0.4, 0.5) is 10.8 Å². The first-order valence-electron chi connectivity index (χ1n) is 7.66. The molecule has 2 aromatic rings. The lowest BCUT2D eigenvalue weighted by Gasteiger charge is -2.12. The lowest BCUT2D eigenvalue weighted by atomic mass is 10.1. The van der Waals surface area contributed by atoms with E-state index in [4.69, 9.17) is 0 Å². The van der Waals surface area contributed by atoms with Gasteiger partial charge in [-0.1, -0.05) is 35.2 Å². The minimum absolute atomic E-state index is 0.0180. The zero-order chi connectivity index (χ0) is 16.4. The molecule has 1 amide bonds. The van der Waals surface area contributed by atoms with E-state index < -0.39 is 0 Å². The Morgan fingerprint density at radius 1 is 1.35 bits per heavy atom. The number of nitrogens with one attached hydrogen (secondary N) is 2. The molecule has 0 radical (unpaired) electrons. The maximum absolute atomic E-state index is 12.4. The first kappa shape index (κ1) is 16.3. The molecular formula is C16H20N4OS2. The number of thioether (sulfide) groups is 1. The second kappa shape index (κ2) is 6.88. The Bertz CT molecular complexity index is 712. The Balaban J connectivity index is 1.58. The molecule has 2 N–H and O–H groups in total. The molecule has 0 spiro atoms. The van der Waals surface area contributed by atoms with Gasteiger partial charge in [-0.3, -0.25) is 4.79 Å². The fourth-order valence-electron chi connectivity index (χ4n) is 2.03. The van der Waals surface area contributed by atoms with Crippen LogP contribution < -0.4 is 10.6 Å². The summed E-state index contributed by atoms with van der Waals surface area (Å²) in [5.74, 6) is -0.0180. The third kappa shape index (κ3) is 4.45. The zero-order valence-corrected chi connectivity index (χ0v) is 15.1. The highest BCUT2D eigenvalue weighted by atomic mass is 32.2. The molecule has 5 nitrogen and oxygen atoms in total.